The van der Waals surface area contributed by atoms with Gasteiger partial charge in [-0.2, -0.15) is 0 Å². The third kappa shape index (κ3) is 6.60. The van der Waals surface area contributed by atoms with Crippen molar-refractivity contribution in [3.8, 4) is 0 Å². The average molecular weight is 450 g/mol. The molecule has 1 aromatic carbocycles. The highest BCUT2D eigenvalue weighted by molar-refractivity contribution is 5.96. The summed E-state index contributed by atoms with van der Waals surface area (Å²) in [7, 11) is 1.96. The number of unbranched alkanes of at least 4 members (excludes halogenated alkanes) is 1. The number of benzene rings is 1. The molecule has 0 aliphatic heterocycles. The van der Waals surface area contributed by atoms with Crippen molar-refractivity contribution in [2.45, 2.75) is 59.2 Å². The molecule has 3 aromatic rings. The summed E-state index contributed by atoms with van der Waals surface area (Å²) in [4.78, 5) is 30.1. The van der Waals surface area contributed by atoms with E-state index in [-0.39, 0.29) is 24.4 Å². The molecule has 0 atom stereocenters. The van der Waals surface area contributed by atoms with Crippen LogP contribution in [0.15, 0.2) is 65.4 Å². The number of furan rings is 1. The molecule has 0 spiro atoms. The molecule has 6 nitrogen and oxygen atoms in total. The minimum absolute atomic E-state index is 0.0131. The van der Waals surface area contributed by atoms with Crippen LogP contribution in [0.3, 0.4) is 0 Å². The number of aryl methyl sites for hydroxylation is 2. The summed E-state index contributed by atoms with van der Waals surface area (Å²) in [5.41, 5.74) is 2.85. The highest BCUT2D eigenvalue weighted by Gasteiger charge is 2.25. The van der Waals surface area contributed by atoms with Gasteiger partial charge in [0.1, 0.15) is 12.3 Å². The van der Waals surface area contributed by atoms with Crippen molar-refractivity contribution < 1.29 is 14.0 Å². The lowest BCUT2D eigenvalue weighted by atomic mass is 10.1. The molecule has 0 fully saturated rings. The monoisotopic (exact) mass is 449 g/mol. The topological polar surface area (TPSA) is 58.7 Å². The Kier molecular flexibility index (Phi) is 8.52. The lowest BCUT2D eigenvalue weighted by molar-refractivity contribution is -0.133. The van der Waals surface area contributed by atoms with Crippen LogP contribution < -0.4 is 0 Å². The van der Waals surface area contributed by atoms with Crippen molar-refractivity contribution in [1.82, 2.24) is 14.4 Å². The van der Waals surface area contributed by atoms with Crippen LogP contribution in [0.5, 0.6) is 0 Å². The Balaban J connectivity index is 1.75. The van der Waals surface area contributed by atoms with Crippen LogP contribution in [0.2, 0.25) is 0 Å². The van der Waals surface area contributed by atoms with Gasteiger partial charge in [0.25, 0.3) is 5.91 Å². The number of amides is 2. The molecule has 0 aliphatic rings. The summed E-state index contributed by atoms with van der Waals surface area (Å²) in [5.74, 6) is 0.467. The first-order chi connectivity index (χ1) is 15.9. The Labute approximate surface area is 196 Å². The van der Waals surface area contributed by atoms with Crippen LogP contribution >= 0.6 is 0 Å². The molecule has 6 heteroatoms. The van der Waals surface area contributed by atoms with Gasteiger partial charge in [0.2, 0.25) is 5.91 Å². The second-order valence-corrected chi connectivity index (χ2v) is 8.77. The lowest BCUT2D eigenvalue weighted by Gasteiger charge is -2.30. The average Bonchev–Trinajstić information content (AvgIpc) is 3.47. The molecule has 2 amide bonds. The molecule has 33 heavy (non-hydrogen) atoms. The Morgan fingerprint density at radius 1 is 1.03 bits per heavy atom. The van der Waals surface area contributed by atoms with Crippen molar-refractivity contribution in [3.05, 3.63) is 83.6 Å². The second-order valence-electron chi connectivity index (χ2n) is 8.77. The zero-order valence-electron chi connectivity index (χ0n) is 20.2. The van der Waals surface area contributed by atoms with Crippen LogP contribution in [0, 0.1) is 0 Å². The number of nitrogens with zero attached hydrogens (tertiary/aromatic N) is 3. The molecular formula is C27H35N3O3. The van der Waals surface area contributed by atoms with Gasteiger partial charge in [0.05, 0.1) is 19.4 Å². The van der Waals surface area contributed by atoms with Crippen LogP contribution in [-0.4, -0.2) is 38.8 Å². The van der Waals surface area contributed by atoms with E-state index in [1.807, 2.05) is 80.2 Å². The van der Waals surface area contributed by atoms with Crippen molar-refractivity contribution in [3.63, 3.8) is 0 Å². The van der Waals surface area contributed by atoms with Gasteiger partial charge in [0.15, 0.2) is 0 Å². The maximum absolute atomic E-state index is 13.4. The number of carbonyl (C=O) groups excluding carboxylic acids is 2. The minimum Gasteiger partial charge on any atom is -0.467 e. The molecule has 2 aromatic heterocycles. The van der Waals surface area contributed by atoms with E-state index in [9.17, 15) is 9.59 Å². The zero-order chi connectivity index (χ0) is 23.8. The third-order valence-electron chi connectivity index (χ3n) is 5.89. The van der Waals surface area contributed by atoms with Crippen molar-refractivity contribution >= 4 is 11.8 Å². The Hall–Kier alpha value is -3.28. The summed E-state index contributed by atoms with van der Waals surface area (Å²) in [6.45, 7) is 6.85. The zero-order valence-corrected chi connectivity index (χ0v) is 20.2. The number of aromatic nitrogens is 1. The SMILES string of the molecule is CCCCc1ccc(C(=O)N(CC(=O)N(Cc2ccco2)Cc2cccn2C)C(C)C)cc1. The summed E-state index contributed by atoms with van der Waals surface area (Å²) in [6, 6.07) is 15.3. The summed E-state index contributed by atoms with van der Waals surface area (Å²) < 4.78 is 7.48. The second kappa shape index (κ2) is 11.5. The Bertz CT molecular complexity index is 1020. The molecule has 0 radical (unpaired) electrons. The van der Waals surface area contributed by atoms with Gasteiger partial charge in [-0.25, -0.2) is 0 Å². The molecule has 0 saturated carbocycles. The van der Waals surface area contributed by atoms with E-state index in [0.717, 1.165) is 25.0 Å². The van der Waals surface area contributed by atoms with Crippen LogP contribution in [0.25, 0.3) is 0 Å². The van der Waals surface area contributed by atoms with Gasteiger partial charge in [-0.1, -0.05) is 25.5 Å². The summed E-state index contributed by atoms with van der Waals surface area (Å²) in [5, 5.41) is 0. The minimum atomic E-state index is -0.128. The van der Waals surface area contributed by atoms with Crippen LogP contribution in [0.1, 0.15) is 61.0 Å². The maximum atomic E-state index is 13.4. The highest BCUT2D eigenvalue weighted by atomic mass is 16.3. The fourth-order valence-corrected chi connectivity index (χ4v) is 3.77. The van der Waals surface area contributed by atoms with E-state index in [0.29, 0.717) is 24.4 Å². The van der Waals surface area contributed by atoms with Crippen LogP contribution in [-0.2, 0) is 31.4 Å². The predicted octanol–water partition coefficient (Wildman–Crippen LogP) is 5.04. The van der Waals surface area contributed by atoms with Crippen LogP contribution in [0.4, 0.5) is 0 Å². The van der Waals surface area contributed by atoms with Gasteiger partial charge in [-0.3, -0.25) is 9.59 Å². The quantitative estimate of drug-likeness (QED) is 0.412. The number of hydrogen-bond donors (Lipinski definition) is 0. The lowest BCUT2D eigenvalue weighted by Crippen LogP contribution is -2.45. The first-order valence-electron chi connectivity index (χ1n) is 11.7. The normalized spacial score (nSPS) is 11.1. The fourth-order valence-electron chi connectivity index (χ4n) is 3.77. The van der Waals surface area contributed by atoms with Gasteiger partial charge < -0.3 is 18.8 Å². The van der Waals surface area contributed by atoms with Gasteiger partial charge in [-0.15, -0.1) is 0 Å². The van der Waals surface area contributed by atoms with E-state index in [4.69, 9.17) is 4.42 Å². The molecule has 0 N–H and O–H groups in total. The number of carbonyl (C=O) groups is 2. The Morgan fingerprint density at radius 2 is 1.79 bits per heavy atom. The maximum Gasteiger partial charge on any atom is 0.254 e. The van der Waals surface area contributed by atoms with E-state index in [1.165, 1.54) is 5.56 Å². The molecule has 0 unspecified atom stereocenters. The molecule has 0 aliphatic carbocycles. The Morgan fingerprint density at radius 3 is 2.36 bits per heavy atom. The number of hydrogen-bond acceptors (Lipinski definition) is 3. The molecule has 3 rings (SSSR count). The van der Waals surface area contributed by atoms with Crippen molar-refractivity contribution in [1.29, 1.82) is 0 Å². The van der Waals surface area contributed by atoms with E-state index in [2.05, 4.69) is 6.92 Å². The van der Waals surface area contributed by atoms with Gasteiger partial charge in [0, 0.05) is 30.5 Å². The molecular weight excluding hydrogens is 414 g/mol. The molecule has 0 bridgehead atoms. The molecule has 0 saturated heterocycles. The smallest absolute Gasteiger partial charge is 0.254 e. The summed E-state index contributed by atoms with van der Waals surface area (Å²) >= 11 is 0. The standard InChI is InChI=1S/C27H35N3O3/c1-5-6-9-22-12-14-23(15-13-22)27(32)30(21(2)3)20-26(31)29(19-25-11-8-17-33-25)18-24-10-7-16-28(24)4/h7-8,10-17,21H,5-6,9,18-20H2,1-4H3. The highest BCUT2D eigenvalue weighted by Crippen LogP contribution is 2.15. The van der Waals surface area contributed by atoms with Crippen molar-refractivity contribution in [2.75, 3.05) is 6.54 Å². The summed E-state index contributed by atoms with van der Waals surface area (Å²) in [6.07, 6.45) is 6.85. The first kappa shape index (κ1) is 24.4. The van der Waals surface area contributed by atoms with Crippen molar-refractivity contribution in [2.24, 2.45) is 7.05 Å². The van der Waals surface area contributed by atoms with Gasteiger partial charge >= 0.3 is 0 Å². The number of rotatable bonds is 11. The predicted molar refractivity (Wildman–Crippen MR) is 130 cm³/mol. The third-order valence-corrected chi connectivity index (χ3v) is 5.89. The fraction of sp³-hybridized carbons (Fsp3) is 0.407. The molecule has 2 heterocycles. The van der Waals surface area contributed by atoms with Gasteiger partial charge in [-0.05, 0) is 68.7 Å². The first-order valence-corrected chi connectivity index (χ1v) is 11.7. The molecule has 176 valence electrons. The van der Waals surface area contributed by atoms with E-state index >= 15 is 0 Å². The largest absolute Gasteiger partial charge is 0.467 e. The van der Waals surface area contributed by atoms with E-state index < -0.39 is 0 Å². The van der Waals surface area contributed by atoms with E-state index in [1.54, 1.807) is 16.1 Å².